The first-order valence-corrected chi connectivity index (χ1v) is 8.39. The molecule has 2 rings (SSSR count). The van der Waals surface area contributed by atoms with Crippen molar-refractivity contribution in [2.24, 2.45) is 11.8 Å². The largest absolute Gasteiger partial charge is 0.359 e. The molecule has 1 aromatic rings. The van der Waals surface area contributed by atoms with Crippen molar-refractivity contribution in [1.29, 1.82) is 0 Å². The number of thiophene rings is 1. The van der Waals surface area contributed by atoms with E-state index in [0.29, 0.717) is 12.3 Å². The minimum absolute atomic E-state index is 0.173. The molecule has 2 heterocycles. The molecule has 0 radical (unpaired) electrons. The second kappa shape index (κ2) is 7.23. The molecule has 1 aromatic heterocycles. The number of likely N-dealkylation sites (tertiary alicyclic amines) is 1. The monoisotopic (exact) mass is 294 g/mol. The summed E-state index contributed by atoms with van der Waals surface area (Å²) in [6.45, 7) is 7.77. The van der Waals surface area contributed by atoms with Gasteiger partial charge in [0.05, 0.1) is 0 Å². The van der Waals surface area contributed by atoms with E-state index in [0.717, 1.165) is 32.0 Å². The minimum Gasteiger partial charge on any atom is -0.359 e. The topological polar surface area (TPSA) is 32.3 Å². The van der Waals surface area contributed by atoms with Crippen molar-refractivity contribution in [3.8, 4) is 0 Å². The number of nitrogens with one attached hydrogen (secondary N) is 1. The normalized spacial score (nSPS) is 19.7. The van der Waals surface area contributed by atoms with Crippen LogP contribution in [0.15, 0.2) is 12.1 Å². The van der Waals surface area contributed by atoms with Crippen LogP contribution in [0.3, 0.4) is 0 Å². The number of carbonyl (C=O) groups is 1. The quantitative estimate of drug-likeness (QED) is 0.875. The number of rotatable bonds is 6. The van der Waals surface area contributed by atoms with E-state index in [-0.39, 0.29) is 5.91 Å². The van der Waals surface area contributed by atoms with E-state index in [9.17, 15) is 4.79 Å². The summed E-state index contributed by atoms with van der Waals surface area (Å²) in [5.41, 5.74) is 0. The standard InChI is InChI=1S/C16H26N2OS/c1-12(2)8-14-4-5-15(20-14)11-18-7-6-13(10-18)9-16(19)17-3/h4-5,12-13H,6-11H2,1-3H3,(H,17,19). The Morgan fingerprint density at radius 2 is 2.20 bits per heavy atom. The Labute approximate surface area is 126 Å². The average molecular weight is 294 g/mol. The zero-order chi connectivity index (χ0) is 14.5. The van der Waals surface area contributed by atoms with Crippen LogP contribution in [0.1, 0.15) is 36.4 Å². The highest BCUT2D eigenvalue weighted by Crippen LogP contribution is 2.25. The van der Waals surface area contributed by atoms with Gasteiger partial charge in [0.15, 0.2) is 0 Å². The van der Waals surface area contributed by atoms with Crippen LogP contribution in [-0.4, -0.2) is 30.9 Å². The lowest BCUT2D eigenvalue weighted by Crippen LogP contribution is -2.24. The number of hydrogen-bond acceptors (Lipinski definition) is 3. The van der Waals surface area contributed by atoms with Gasteiger partial charge >= 0.3 is 0 Å². The van der Waals surface area contributed by atoms with Crippen LogP contribution in [0.25, 0.3) is 0 Å². The Bertz CT molecular complexity index is 441. The predicted octanol–water partition coefficient (Wildman–Crippen LogP) is 2.90. The Morgan fingerprint density at radius 1 is 1.45 bits per heavy atom. The SMILES string of the molecule is CNC(=O)CC1CCN(Cc2ccc(CC(C)C)s2)C1. The third-order valence-electron chi connectivity index (χ3n) is 3.83. The van der Waals surface area contributed by atoms with Gasteiger partial charge in [0.25, 0.3) is 0 Å². The molecule has 1 N–H and O–H groups in total. The molecule has 0 bridgehead atoms. The fraction of sp³-hybridized carbons (Fsp3) is 0.688. The van der Waals surface area contributed by atoms with Crippen molar-refractivity contribution in [3.05, 3.63) is 21.9 Å². The summed E-state index contributed by atoms with van der Waals surface area (Å²) in [5, 5.41) is 2.72. The van der Waals surface area contributed by atoms with E-state index in [1.54, 1.807) is 7.05 Å². The molecule has 4 heteroatoms. The smallest absolute Gasteiger partial charge is 0.220 e. The number of carbonyl (C=O) groups excluding carboxylic acids is 1. The van der Waals surface area contributed by atoms with Gasteiger partial charge in [-0.25, -0.2) is 0 Å². The van der Waals surface area contributed by atoms with E-state index in [2.05, 4.69) is 36.2 Å². The maximum absolute atomic E-state index is 11.4. The molecule has 0 aliphatic carbocycles. The summed E-state index contributed by atoms with van der Waals surface area (Å²) in [5.74, 6) is 1.43. The van der Waals surface area contributed by atoms with Crippen LogP contribution < -0.4 is 5.32 Å². The second-order valence-corrected chi connectivity index (χ2v) is 7.49. The Kier molecular flexibility index (Phi) is 5.61. The van der Waals surface area contributed by atoms with Crippen molar-refractivity contribution >= 4 is 17.2 Å². The fourth-order valence-corrected chi connectivity index (χ4v) is 4.10. The Morgan fingerprint density at radius 3 is 2.90 bits per heavy atom. The van der Waals surface area contributed by atoms with Gasteiger partial charge in [0.1, 0.15) is 0 Å². The molecular weight excluding hydrogens is 268 g/mol. The molecule has 1 unspecified atom stereocenters. The maximum atomic E-state index is 11.4. The Hall–Kier alpha value is -0.870. The third-order valence-corrected chi connectivity index (χ3v) is 4.92. The predicted molar refractivity (Wildman–Crippen MR) is 84.9 cm³/mol. The fourth-order valence-electron chi connectivity index (χ4n) is 2.83. The highest BCUT2D eigenvalue weighted by atomic mass is 32.1. The van der Waals surface area contributed by atoms with Crippen LogP contribution in [0.5, 0.6) is 0 Å². The lowest BCUT2D eigenvalue weighted by molar-refractivity contribution is -0.121. The molecule has 0 saturated carbocycles. The molecule has 1 amide bonds. The first-order valence-electron chi connectivity index (χ1n) is 7.57. The van der Waals surface area contributed by atoms with Gasteiger partial charge in [-0.3, -0.25) is 9.69 Å². The zero-order valence-corrected chi connectivity index (χ0v) is 13.6. The van der Waals surface area contributed by atoms with Crippen LogP contribution >= 0.6 is 11.3 Å². The average Bonchev–Trinajstić information content (AvgIpc) is 2.99. The van der Waals surface area contributed by atoms with Gasteiger partial charge in [-0.15, -0.1) is 11.3 Å². The van der Waals surface area contributed by atoms with Crippen molar-refractivity contribution < 1.29 is 4.79 Å². The van der Waals surface area contributed by atoms with Crippen molar-refractivity contribution in [3.63, 3.8) is 0 Å². The molecule has 0 aromatic carbocycles. The van der Waals surface area contributed by atoms with Crippen LogP contribution in [0.2, 0.25) is 0 Å². The van der Waals surface area contributed by atoms with E-state index in [1.165, 1.54) is 16.2 Å². The van der Waals surface area contributed by atoms with Crippen molar-refractivity contribution in [1.82, 2.24) is 10.2 Å². The number of amides is 1. The first-order chi connectivity index (χ1) is 9.56. The van der Waals surface area contributed by atoms with Gasteiger partial charge in [0, 0.05) is 36.3 Å². The van der Waals surface area contributed by atoms with Gasteiger partial charge in [-0.2, -0.15) is 0 Å². The molecule has 3 nitrogen and oxygen atoms in total. The van der Waals surface area contributed by atoms with Crippen LogP contribution in [-0.2, 0) is 17.8 Å². The molecule has 1 aliphatic rings. The lowest BCUT2D eigenvalue weighted by atomic mass is 10.1. The molecule has 1 saturated heterocycles. The van der Waals surface area contributed by atoms with Gasteiger partial charge < -0.3 is 5.32 Å². The molecule has 112 valence electrons. The van der Waals surface area contributed by atoms with Crippen LogP contribution in [0, 0.1) is 11.8 Å². The summed E-state index contributed by atoms with van der Waals surface area (Å²) in [6.07, 6.45) is 3.01. The second-order valence-electron chi connectivity index (χ2n) is 6.23. The summed E-state index contributed by atoms with van der Waals surface area (Å²) in [6, 6.07) is 4.55. The summed E-state index contributed by atoms with van der Waals surface area (Å²) >= 11 is 1.95. The first kappa shape index (κ1) is 15.5. The molecule has 1 fully saturated rings. The molecule has 1 aliphatic heterocycles. The third kappa shape index (κ3) is 4.60. The van der Waals surface area contributed by atoms with Gasteiger partial charge in [-0.05, 0) is 43.4 Å². The van der Waals surface area contributed by atoms with E-state index in [1.807, 2.05) is 11.3 Å². The molecule has 20 heavy (non-hydrogen) atoms. The number of nitrogens with zero attached hydrogens (tertiary/aromatic N) is 1. The van der Waals surface area contributed by atoms with E-state index >= 15 is 0 Å². The van der Waals surface area contributed by atoms with Gasteiger partial charge in [-0.1, -0.05) is 13.8 Å². The van der Waals surface area contributed by atoms with Gasteiger partial charge in [0.2, 0.25) is 5.91 Å². The minimum atomic E-state index is 0.173. The summed E-state index contributed by atoms with van der Waals surface area (Å²) in [4.78, 5) is 16.9. The highest BCUT2D eigenvalue weighted by molar-refractivity contribution is 7.11. The maximum Gasteiger partial charge on any atom is 0.220 e. The van der Waals surface area contributed by atoms with E-state index < -0.39 is 0 Å². The molecular formula is C16H26N2OS. The van der Waals surface area contributed by atoms with E-state index in [4.69, 9.17) is 0 Å². The highest BCUT2D eigenvalue weighted by Gasteiger charge is 2.24. The van der Waals surface area contributed by atoms with Crippen molar-refractivity contribution in [2.45, 2.75) is 39.7 Å². The Balaban J connectivity index is 1.80. The summed E-state index contributed by atoms with van der Waals surface area (Å²) < 4.78 is 0. The molecule has 1 atom stereocenters. The molecule has 0 spiro atoms. The van der Waals surface area contributed by atoms with Crippen molar-refractivity contribution in [2.75, 3.05) is 20.1 Å². The lowest BCUT2D eigenvalue weighted by Gasteiger charge is -2.14. The van der Waals surface area contributed by atoms with Crippen LogP contribution in [0.4, 0.5) is 0 Å². The zero-order valence-electron chi connectivity index (χ0n) is 12.8. The summed E-state index contributed by atoms with van der Waals surface area (Å²) in [7, 11) is 1.72. The number of hydrogen-bond donors (Lipinski definition) is 1.